The van der Waals surface area contributed by atoms with Gasteiger partial charge in [0, 0.05) is 13.5 Å². The summed E-state index contributed by atoms with van der Waals surface area (Å²) >= 11 is 0. The Kier molecular flexibility index (Phi) is 4.64. The van der Waals surface area contributed by atoms with Gasteiger partial charge in [-0.3, -0.25) is 4.79 Å². The molecular weight excluding hydrogens is 384 g/mol. The van der Waals surface area contributed by atoms with Crippen LogP contribution in [0.4, 0.5) is 5.69 Å². The fourth-order valence-corrected chi connectivity index (χ4v) is 4.23. The van der Waals surface area contributed by atoms with E-state index in [-0.39, 0.29) is 30.2 Å². The van der Waals surface area contributed by atoms with Crippen LogP contribution >= 0.6 is 0 Å². The van der Waals surface area contributed by atoms with E-state index in [4.69, 9.17) is 14.2 Å². The smallest absolute Gasteiger partial charge is 0.240 e. The van der Waals surface area contributed by atoms with Crippen LogP contribution in [0.5, 0.6) is 17.2 Å². The van der Waals surface area contributed by atoms with E-state index in [1.807, 2.05) is 6.92 Å². The summed E-state index contributed by atoms with van der Waals surface area (Å²) in [5, 5.41) is 0. The minimum atomic E-state index is -3.78. The minimum absolute atomic E-state index is 0.0661. The van der Waals surface area contributed by atoms with Crippen LogP contribution in [-0.4, -0.2) is 33.8 Å². The van der Waals surface area contributed by atoms with Gasteiger partial charge in [-0.1, -0.05) is 6.07 Å². The SMILES string of the molecule is CC(=O)N1CC(C)Oc2ccc(S(=O)(=O)NCc3ccc4c(c3)OCO4)cc21. The lowest BCUT2D eigenvalue weighted by Crippen LogP contribution is -2.41. The molecule has 0 fully saturated rings. The van der Waals surface area contributed by atoms with Crippen LogP contribution in [0.2, 0.25) is 0 Å². The van der Waals surface area contributed by atoms with Crippen molar-refractivity contribution in [3.8, 4) is 17.2 Å². The van der Waals surface area contributed by atoms with Gasteiger partial charge in [-0.05, 0) is 42.8 Å². The quantitative estimate of drug-likeness (QED) is 0.838. The molecule has 1 N–H and O–H groups in total. The molecule has 0 radical (unpaired) electrons. The van der Waals surface area contributed by atoms with Crippen LogP contribution in [0.15, 0.2) is 41.3 Å². The molecule has 0 bridgehead atoms. The van der Waals surface area contributed by atoms with Gasteiger partial charge in [0.05, 0.1) is 17.1 Å². The number of nitrogens with one attached hydrogen (secondary N) is 1. The van der Waals surface area contributed by atoms with Gasteiger partial charge in [-0.25, -0.2) is 13.1 Å². The number of hydrogen-bond acceptors (Lipinski definition) is 6. The Balaban J connectivity index is 1.56. The predicted octanol–water partition coefficient (Wildman–Crippen LogP) is 2.03. The van der Waals surface area contributed by atoms with Gasteiger partial charge in [0.2, 0.25) is 22.7 Å². The lowest BCUT2D eigenvalue weighted by atomic mass is 10.2. The summed E-state index contributed by atoms with van der Waals surface area (Å²) in [5.41, 5.74) is 1.20. The lowest BCUT2D eigenvalue weighted by molar-refractivity contribution is -0.117. The third kappa shape index (κ3) is 3.50. The molecule has 148 valence electrons. The maximum Gasteiger partial charge on any atom is 0.240 e. The first-order valence-electron chi connectivity index (χ1n) is 8.80. The molecule has 4 rings (SSSR count). The number of ether oxygens (including phenoxy) is 3. The Morgan fingerprint density at radius 3 is 2.68 bits per heavy atom. The second-order valence-electron chi connectivity index (χ2n) is 6.70. The van der Waals surface area contributed by atoms with Crippen molar-refractivity contribution in [1.82, 2.24) is 4.72 Å². The van der Waals surface area contributed by atoms with E-state index in [1.165, 1.54) is 24.0 Å². The molecule has 1 atom stereocenters. The topological polar surface area (TPSA) is 94.2 Å². The molecule has 28 heavy (non-hydrogen) atoms. The number of benzene rings is 2. The van der Waals surface area contributed by atoms with Crippen LogP contribution in [0, 0.1) is 0 Å². The van der Waals surface area contributed by atoms with Crippen molar-refractivity contribution in [1.29, 1.82) is 0 Å². The summed E-state index contributed by atoms with van der Waals surface area (Å²) in [6.07, 6.45) is -0.164. The molecule has 9 heteroatoms. The summed E-state index contributed by atoms with van der Waals surface area (Å²) in [4.78, 5) is 13.5. The highest BCUT2D eigenvalue weighted by Crippen LogP contribution is 2.36. The van der Waals surface area contributed by atoms with Gasteiger partial charge in [0.25, 0.3) is 0 Å². The summed E-state index contributed by atoms with van der Waals surface area (Å²) in [7, 11) is -3.78. The lowest BCUT2D eigenvalue weighted by Gasteiger charge is -2.33. The van der Waals surface area contributed by atoms with Crippen molar-refractivity contribution in [3.63, 3.8) is 0 Å². The van der Waals surface area contributed by atoms with Crippen molar-refractivity contribution in [2.24, 2.45) is 0 Å². The number of hydrogen-bond donors (Lipinski definition) is 1. The molecule has 2 aromatic carbocycles. The second kappa shape index (κ2) is 6.99. The average molecular weight is 404 g/mol. The van der Waals surface area contributed by atoms with E-state index < -0.39 is 10.0 Å². The Morgan fingerprint density at radius 2 is 1.89 bits per heavy atom. The number of rotatable bonds is 4. The number of fused-ring (bicyclic) bond motifs is 2. The minimum Gasteiger partial charge on any atom is -0.487 e. The zero-order chi connectivity index (χ0) is 19.9. The van der Waals surface area contributed by atoms with Gasteiger partial charge in [0.15, 0.2) is 11.5 Å². The molecule has 0 aromatic heterocycles. The number of anilines is 1. The first-order valence-corrected chi connectivity index (χ1v) is 10.3. The Labute approximate surface area is 163 Å². The van der Waals surface area contributed by atoms with Crippen LogP contribution in [0.3, 0.4) is 0 Å². The van der Waals surface area contributed by atoms with Crippen molar-refractivity contribution < 1.29 is 27.4 Å². The van der Waals surface area contributed by atoms with Gasteiger partial charge in [-0.15, -0.1) is 0 Å². The van der Waals surface area contributed by atoms with Crippen LogP contribution < -0.4 is 23.8 Å². The molecular formula is C19H20N2O6S. The molecule has 2 heterocycles. The highest BCUT2D eigenvalue weighted by atomic mass is 32.2. The first kappa shape index (κ1) is 18.6. The third-order valence-corrected chi connectivity index (χ3v) is 5.98. The number of carbonyl (C=O) groups is 1. The maximum atomic E-state index is 12.8. The van der Waals surface area contributed by atoms with E-state index in [0.29, 0.717) is 29.5 Å². The van der Waals surface area contributed by atoms with Gasteiger partial charge >= 0.3 is 0 Å². The maximum absolute atomic E-state index is 12.8. The molecule has 0 saturated carbocycles. The van der Waals surface area contributed by atoms with Crippen LogP contribution in [0.1, 0.15) is 19.4 Å². The summed E-state index contributed by atoms with van der Waals surface area (Å²) in [5.74, 6) is 1.55. The summed E-state index contributed by atoms with van der Waals surface area (Å²) in [6, 6.07) is 9.77. The molecule has 0 spiro atoms. The van der Waals surface area contributed by atoms with E-state index in [9.17, 15) is 13.2 Å². The van der Waals surface area contributed by atoms with Crippen LogP contribution in [0.25, 0.3) is 0 Å². The molecule has 0 saturated heterocycles. The predicted molar refractivity (Wildman–Crippen MR) is 101 cm³/mol. The monoisotopic (exact) mass is 404 g/mol. The van der Waals surface area contributed by atoms with Crippen LogP contribution in [-0.2, 0) is 21.4 Å². The normalized spacial score (nSPS) is 17.8. The van der Waals surface area contributed by atoms with Crippen molar-refractivity contribution in [2.45, 2.75) is 31.4 Å². The van der Waals surface area contributed by atoms with Crippen molar-refractivity contribution >= 4 is 21.6 Å². The summed E-state index contributed by atoms with van der Waals surface area (Å²) < 4.78 is 44.4. The molecule has 2 aliphatic rings. The first-order chi connectivity index (χ1) is 13.3. The number of amides is 1. The Hall–Kier alpha value is -2.78. The largest absolute Gasteiger partial charge is 0.487 e. The van der Waals surface area contributed by atoms with Gasteiger partial charge < -0.3 is 19.1 Å². The molecule has 1 unspecified atom stereocenters. The Bertz CT molecular complexity index is 1040. The molecule has 1 amide bonds. The van der Waals surface area contributed by atoms with Crippen molar-refractivity contribution in [2.75, 3.05) is 18.2 Å². The molecule has 2 aliphatic heterocycles. The molecule has 2 aromatic rings. The molecule has 0 aliphatic carbocycles. The van der Waals surface area contributed by atoms with Gasteiger partial charge in [-0.2, -0.15) is 0 Å². The standard InChI is InChI=1S/C19H20N2O6S/c1-12-10-21(13(2)22)16-8-15(4-6-17(16)27-12)28(23,24)20-9-14-3-5-18-19(7-14)26-11-25-18/h3-8,12,20H,9-11H2,1-2H3. The van der Waals surface area contributed by atoms with E-state index in [2.05, 4.69) is 4.72 Å². The highest BCUT2D eigenvalue weighted by Gasteiger charge is 2.28. The fourth-order valence-electron chi connectivity index (χ4n) is 3.20. The van der Waals surface area contributed by atoms with Crippen molar-refractivity contribution in [3.05, 3.63) is 42.0 Å². The zero-order valence-electron chi connectivity index (χ0n) is 15.5. The number of carbonyl (C=O) groups excluding carboxylic acids is 1. The summed E-state index contributed by atoms with van der Waals surface area (Å²) in [6.45, 7) is 3.93. The third-order valence-electron chi connectivity index (χ3n) is 4.58. The molecule has 8 nitrogen and oxygen atoms in total. The number of sulfonamides is 1. The second-order valence-corrected chi connectivity index (χ2v) is 8.47. The van der Waals surface area contributed by atoms with E-state index >= 15 is 0 Å². The van der Waals surface area contributed by atoms with Gasteiger partial charge in [0.1, 0.15) is 11.9 Å². The Morgan fingerprint density at radius 1 is 1.14 bits per heavy atom. The van der Waals surface area contributed by atoms with E-state index in [0.717, 1.165) is 5.56 Å². The number of nitrogens with zero attached hydrogens (tertiary/aromatic N) is 1. The highest BCUT2D eigenvalue weighted by molar-refractivity contribution is 7.89. The zero-order valence-corrected chi connectivity index (χ0v) is 16.3. The fraction of sp³-hybridized carbons (Fsp3) is 0.316. The van der Waals surface area contributed by atoms with E-state index in [1.54, 1.807) is 24.3 Å². The average Bonchev–Trinajstić information content (AvgIpc) is 3.13.